The summed E-state index contributed by atoms with van der Waals surface area (Å²) in [7, 11) is 2.85. The number of amides is 1. The lowest BCUT2D eigenvalue weighted by molar-refractivity contribution is -0.147. The van der Waals surface area contributed by atoms with Gasteiger partial charge in [-0.3, -0.25) is 24.6 Å². The second-order valence-electron chi connectivity index (χ2n) is 10.9. The van der Waals surface area contributed by atoms with Crippen LogP contribution in [0.1, 0.15) is 54.2 Å². The van der Waals surface area contributed by atoms with E-state index in [0.717, 1.165) is 23.0 Å². The van der Waals surface area contributed by atoms with Crippen LogP contribution in [0.15, 0.2) is 41.4 Å². The zero-order chi connectivity index (χ0) is 28.4. The number of H-pyrrole nitrogens is 1. The lowest BCUT2D eigenvalue weighted by atomic mass is 9.81. The number of nitrogens with one attached hydrogen (secondary N) is 2. The topological polar surface area (TPSA) is 109 Å². The summed E-state index contributed by atoms with van der Waals surface area (Å²) in [5.74, 6) is -0.411. The van der Waals surface area contributed by atoms with Gasteiger partial charge in [0.1, 0.15) is 11.6 Å². The molecule has 1 fully saturated rings. The Morgan fingerprint density at radius 2 is 2.00 bits per heavy atom. The Kier molecular flexibility index (Phi) is 8.16. The molecular formula is C30H36FN5O4. The first-order valence-corrected chi connectivity index (χ1v) is 13.7. The van der Waals surface area contributed by atoms with Crippen molar-refractivity contribution in [3.63, 3.8) is 0 Å². The third-order valence-corrected chi connectivity index (χ3v) is 8.39. The van der Waals surface area contributed by atoms with E-state index in [1.165, 1.54) is 20.3 Å². The molecule has 3 aromatic rings. The van der Waals surface area contributed by atoms with Gasteiger partial charge in [-0.2, -0.15) is 5.10 Å². The normalized spacial score (nSPS) is 25.1. The smallest absolute Gasteiger partial charge is 0.310 e. The number of likely N-dealkylation sites (tertiary alicyclic amines) is 1. The van der Waals surface area contributed by atoms with Crippen molar-refractivity contribution in [1.82, 2.24) is 20.4 Å². The van der Waals surface area contributed by atoms with E-state index in [-0.39, 0.29) is 42.2 Å². The van der Waals surface area contributed by atoms with Gasteiger partial charge in [0, 0.05) is 59.8 Å². The monoisotopic (exact) mass is 549 g/mol. The van der Waals surface area contributed by atoms with Crippen LogP contribution in [0.5, 0.6) is 5.75 Å². The maximum Gasteiger partial charge on any atom is 0.310 e. The van der Waals surface area contributed by atoms with Gasteiger partial charge in [0.05, 0.1) is 25.7 Å². The molecular weight excluding hydrogens is 513 g/mol. The highest BCUT2D eigenvalue weighted by molar-refractivity contribution is 5.98. The summed E-state index contributed by atoms with van der Waals surface area (Å²) in [6.07, 6.45) is 3.22. The van der Waals surface area contributed by atoms with Gasteiger partial charge in [0.15, 0.2) is 0 Å². The Labute approximate surface area is 233 Å². The Bertz CT molecular complexity index is 1420. The number of carbonyl (C=O) groups is 2. The lowest BCUT2D eigenvalue weighted by Crippen LogP contribution is -2.52. The van der Waals surface area contributed by atoms with Crippen LogP contribution in [0.3, 0.4) is 0 Å². The minimum Gasteiger partial charge on any atom is -0.496 e. The predicted molar refractivity (Wildman–Crippen MR) is 150 cm³/mol. The Morgan fingerprint density at radius 3 is 2.77 bits per heavy atom. The number of benzene rings is 2. The molecule has 40 heavy (non-hydrogen) atoms. The van der Waals surface area contributed by atoms with Crippen LogP contribution >= 0.6 is 0 Å². The zero-order valence-electron chi connectivity index (χ0n) is 23.3. The van der Waals surface area contributed by atoms with E-state index in [0.29, 0.717) is 42.3 Å². The van der Waals surface area contributed by atoms with E-state index in [1.54, 1.807) is 18.2 Å². The molecule has 10 heteroatoms. The number of piperidine rings is 1. The maximum atomic E-state index is 14.7. The molecule has 2 aromatic carbocycles. The minimum atomic E-state index is -0.457. The van der Waals surface area contributed by atoms with E-state index in [9.17, 15) is 14.0 Å². The van der Waals surface area contributed by atoms with Crippen LogP contribution in [-0.4, -0.2) is 72.6 Å². The molecule has 5 atom stereocenters. The number of hydrogen-bond acceptors (Lipinski definition) is 7. The molecule has 5 rings (SSSR count). The fourth-order valence-corrected chi connectivity index (χ4v) is 6.00. The highest BCUT2D eigenvalue weighted by Crippen LogP contribution is 2.36. The molecule has 1 amide bonds. The molecule has 0 spiro atoms. The molecule has 0 aliphatic carbocycles. The molecule has 0 saturated carbocycles. The van der Waals surface area contributed by atoms with Crippen molar-refractivity contribution < 1.29 is 23.5 Å². The Morgan fingerprint density at radius 1 is 1.18 bits per heavy atom. The second-order valence-corrected chi connectivity index (χ2v) is 10.9. The summed E-state index contributed by atoms with van der Waals surface area (Å²) < 4.78 is 25.1. The first-order chi connectivity index (χ1) is 19.3. The number of rotatable bonds is 7. The SMILES string of the molecule is COC(=O)C1CC(NC(=O)c2ccc3n[nH]c(C4CC=NC(C)C4C)c3c2)CN(Cc2c(F)cccc2OC)C1. The van der Waals surface area contributed by atoms with Crippen molar-refractivity contribution in [2.75, 3.05) is 27.3 Å². The van der Waals surface area contributed by atoms with Crippen molar-refractivity contribution in [3.8, 4) is 5.75 Å². The van der Waals surface area contributed by atoms with E-state index in [2.05, 4.69) is 34.4 Å². The van der Waals surface area contributed by atoms with Gasteiger partial charge in [-0.1, -0.05) is 13.0 Å². The number of aromatic amines is 1. The van der Waals surface area contributed by atoms with Crippen molar-refractivity contribution in [2.45, 2.75) is 51.2 Å². The third kappa shape index (κ3) is 5.58. The first kappa shape index (κ1) is 27.8. The zero-order valence-corrected chi connectivity index (χ0v) is 23.3. The van der Waals surface area contributed by atoms with Gasteiger partial charge in [-0.05, 0) is 62.2 Å². The van der Waals surface area contributed by atoms with Crippen molar-refractivity contribution in [3.05, 3.63) is 59.0 Å². The van der Waals surface area contributed by atoms with Gasteiger partial charge in [-0.15, -0.1) is 0 Å². The number of methoxy groups -OCH3 is 2. The highest BCUT2D eigenvalue weighted by atomic mass is 19.1. The van der Waals surface area contributed by atoms with Crippen LogP contribution in [-0.2, 0) is 16.1 Å². The third-order valence-electron chi connectivity index (χ3n) is 8.39. The van der Waals surface area contributed by atoms with E-state index in [1.807, 2.05) is 23.2 Å². The maximum absolute atomic E-state index is 14.7. The average Bonchev–Trinajstić information content (AvgIpc) is 3.38. The molecule has 2 aliphatic heterocycles. The standard InChI is InChI=1S/C30H36FN5O4/c1-17-18(2)32-11-10-22(17)28-23-13-19(8-9-26(23)34-35-28)29(37)33-21-12-20(30(38)40-4)14-36(15-21)16-24-25(31)6-5-7-27(24)39-3/h5-9,11,13,17-18,20-22H,10,12,14-16H2,1-4H3,(H,33,37)(H,34,35). The number of aliphatic imine (C=N–C) groups is 1. The number of aromatic nitrogens is 2. The van der Waals surface area contributed by atoms with Crippen molar-refractivity contribution >= 4 is 29.0 Å². The molecule has 2 N–H and O–H groups in total. The summed E-state index contributed by atoms with van der Waals surface area (Å²) in [5, 5.41) is 11.7. The van der Waals surface area contributed by atoms with Gasteiger partial charge in [0.25, 0.3) is 5.91 Å². The second kappa shape index (κ2) is 11.8. The molecule has 3 heterocycles. The van der Waals surface area contributed by atoms with E-state index in [4.69, 9.17) is 9.47 Å². The summed E-state index contributed by atoms with van der Waals surface area (Å²) >= 11 is 0. The molecule has 212 valence electrons. The number of ether oxygens (including phenoxy) is 2. The Balaban J connectivity index is 1.36. The van der Waals surface area contributed by atoms with Crippen LogP contribution in [0.2, 0.25) is 0 Å². The van der Waals surface area contributed by atoms with Gasteiger partial charge in [0.2, 0.25) is 0 Å². The average molecular weight is 550 g/mol. The van der Waals surface area contributed by atoms with Crippen LogP contribution in [0.4, 0.5) is 4.39 Å². The van der Waals surface area contributed by atoms with E-state index < -0.39 is 5.92 Å². The summed E-state index contributed by atoms with van der Waals surface area (Å²) in [6.45, 7) is 5.39. The number of esters is 1. The molecule has 0 radical (unpaired) electrons. The van der Waals surface area contributed by atoms with Gasteiger partial charge < -0.3 is 14.8 Å². The van der Waals surface area contributed by atoms with Gasteiger partial charge in [-0.25, -0.2) is 4.39 Å². The van der Waals surface area contributed by atoms with Crippen molar-refractivity contribution in [2.24, 2.45) is 16.8 Å². The number of hydrogen-bond donors (Lipinski definition) is 2. The quantitative estimate of drug-likeness (QED) is 0.430. The fraction of sp³-hybridized carbons (Fsp3) is 0.467. The molecule has 1 saturated heterocycles. The number of carbonyl (C=O) groups excluding carboxylic acids is 2. The molecule has 5 unspecified atom stereocenters. The van der Waals surface area contributed by atoms with Crippen molar-refractivity contribution in [1.29, 1.82) is 0 Å². The Hall–Kier alpha value is -3.79. The molecule has 0 bridgehead atoms. The summed E-state index contributed by atoms with van der Waals surface area (Å²) in [4.78, 5) is 32.5. The number of fused-ring (bicyclic) bond motifs is 1. The largest absolute Gasteiger partial charge is 0.496 e. The highest BCUT2D eigenvalue weighted by Gasteiger charge is 2.34. The molecule has 1 aromatic heterocycles. The minimum absolute atomic E-state index is 0.213. The predicted octanol–water partition coefficient (Wildman–Crippen LogP) is 4.09. The summed E-state index contributed by atoms with van der Waals surface area (Å²) in [5.41, 5.74) is 2.75. The fourth-order valence-electron chi connectivity index (χ4n) is 6.00. The van der Waals surface area contributed by atoms with E-state index >= 15 is 0 Å². The van der Waals surface area contributed by atoms with Crippen LogP contribution in [0.25, 0.3) is 10.9 Å². The number of halogens is 1. The molecule has 2 aliphatic rings. The first-order valence-electron chi connectivity index (χ1n) is 13.7. The van der Waals surface area contributed by atoms with Crippen LogP contribution in [0, 0.1) is 17.7 Å². The van der Waals surface area contributed by atoms with Gasteiger partial charge >= 0.3 is 5.97 Å². The van der Waals surface area contributed by atoms with Crippen LogP contribution < -0.4 is 10.1 Å². The summed E-state index contributed by atoms with van der Waals surface area (Å²) in [6, 6.07) is 10.1. The number of nitrogens with zero attached hydrogens (tertiary/aromatic N) is 3. The molecule has 9 nitrogen and oxygen atoms in total. The lowest BCUT2D eigenvalue weighted by Gasteiger charge is -2.37.